The summed E-state index contributed by atoms with van der Waals surface area (Å²) in [4.78, 5) is 26.4. The minimum absolute atomic E-state index is 0.0123. The SMILES string of the molecule is CC1CN(C(=O)CN(CC(=O)O)C2CC2)CCO1. The molecule has 1 saturated heterocycles. The molecule has 1 amide bonds. The zero-order chi connectivity index (χ0) is 13.1. The van der Waals surface area contributed by atoms with Crippen LogP contribution in [0.25, 0.3) is 0 Å². The highest BCUT2D eigenvalue weighted by molar-refractivity contribution is 5.79. The molecule has 0 spiro atoms. The highest BCUT2D eigenvalue weighted by Gasteiger charge is 2.33. The van der Waals surface area contributed by atoms with Crippen LogP contribution in [0.15, 0.2) is 0 Å². The molecule has 1 N–H and O–H groups in total. The van der Waals surface area contributed by atoms with Crippen molar-refractivity contribution in [3.05, 3.63) is 0 Å². The number of carboxylic acid groups (broad SMARTS) is 1. The lowest BCUT2D eigenvalue weighted by Crippen LogP contribution is -2.49. The number of carbonyl (C=O) groups excluding carboxylic acids is 1. The molecular formula is C12H20N2O4. The number of carbonyl (C=O) groups is 2. The molecule has 0 bridgehead atoms. The molecular weight excluding hydrogens is 236 g/mol. The van der Waals surface area contributed by atoms with Gasteiger partial charge in [0.2, 0.25) is 5.91 Å². The quantitative estimate of drug-likeness (QED) is 0.736. The topological polar surface area (TPSA) is 70.1 Å². The Morgan fingerprint density at radius 1 is 1.39 bits per heavy atom. The van der Waals surface area contributed by atoms with Crippen LogP contribution in [0.5, 0.6) is 0 Å². The largest absolute Gasteiger partial charge is 0.480 e. The van der Waals surface area contributed by atoms with Crippen LogP contribution in [-0.4, -0.2) is 71.7 Å². The molecule has 0 aromatic carbocycles. The zero-order valence-corrected chi connectivity index (χ0v) is 10.7. The van der Waals surface area contributed by atoms with Crippen LogP contribution in [0.4, 0.5) is 0 Å². The van der Waals surface area contributed by atoms with E-state index in [1.165, 1.54) is 0 Å². The van der Waals surface area contributed by atoms with Crippen molar-refractivity contribution >= 4 is 11.9 Å². The smallest absolute Gasteiger partial charge is 0.317 e. The van der Waals surface area contributed by atoms with Crippen LogP contribution in [0.3, 0.4) is 0 Å². The van der Waals surface area contributed by atoms with E-state index in [2.05, 4.69) is 0 Å². The molecule has 1 atom stereocenters. The number of ether oxygens (including phenoxy) is 1. The molecule has 1 saturated carbocycles. The zero-order valence-electron chi connectivity index (χ0n) is 10.7. The van der Waals surface area contributed by atoms with Gasteiger partial charge in [-0.25, -0.2) is 0 Å². The Bertz CT molecular complexity index is 330. The molecule has 1 aliphatic carbocycles. The predicted octanol–water partition coefficient (Wildman–Crippen LogP) is -0.217. The fourth-order valence-electron chi connectivity index (χ4n) is 2.25. The molecule has 102 valence electrons. The first kappa shape index (κ1) is 13.3. The molecule has 2 aliphatic rings. The lowest BCUT2D eigenvalue weighted by Gasteiger charge is -2.32. The van der Waals surface area contributed by atoms with Crippen LogP contribution in [0.1, 0.15) is 19.8 Å². The third kappa shape index (κ3) is 3.68. The number of amides is 1. The van der Waals surface area contributed by atoms with Gasteiger partial charge in [-0.2, -0.15) is 0 Å². The molecule has 0 aromatic rings. The van der Waals surface area contributed by atoms with Crippen LogP contribution >= 0.6 is 0 Å². The van der Waals surface area contributed by atoms with E-state index in [4.69, 9.17) is 9.84 Å². The normalized spacial score (nSPS) is 24.3. The van der Waals surface area contributed by atoms with Gasteiger partial charge in [-0.3, -0.25) is 14.5 Å². The number of nitrogens with zero attached hydrogens (tertiary/aromatic N) is 2. The van der Waals surface area contributed by atoms with Crippen molar-refractivity contribution in [2.45, 2.75) is 31.9 Å². The highest BCUT2D eigenvalue weighted by atomic mass is 16.5. The van der Waals surface area contributed by atoms with Gasteiger partial charge in [0.25, 0.3) is 0 Å². The summed E-state index contributed by atoms with van der Waals surface area (Å²) in [7, 11) is 0. The Morgan fingerprint density at radius 2 is 2.11 bits per heavy atom. The summed E-state index contributed by atoms with van der Waals surface area (Å²) >= 11 is 0. The minimum atomic E-state index is -0.870. The van der Waals surface area contributed by atoms with Crippen LogP contribution < -0.4 is 0 Å². The Labute approximate surface area is 106 Å². The van der Waals surface area contributed by atoms with E-state index in [0.29, 0.717) is 19.7 Å². The van der Waals surface area contributed by atoms with Crippen molar-refractivity contribution in [1.29, 1.82) is 0 Å². The average Bonchev–Trinajstić information content (AvgIpc) is 3.11. The Morgan fingerprint density at radius 3 is 2.67 bits per heavy atom. The van der Waals surface area contributed by atoms with Gasteiger partial charge in [-0.15, -0.1) is 0 Å². The Kier molecular flexibility index (Phi) is 4.19. The molecule has 0 aromatic heterocycles. The summed E-state index contributed by atoms with van der Waals surface area (Å²) in [5, 5.41) is 8.84. The third-order valence-electron chi connectivity index (χ3n) is 3.33. The van der Waals surface area contributed by atoms with Gasteiger partial charge >= 0.3 is 5.97 Å². The summed E-state index contributed by atoms with van der Waals surface area (Å²) in [5.41, 5.74) is 0. The fourth-order valence-corrected chi connectivity index (χ4v) is 2.25. The first-order chi connectivity index (χ1) is 8.56. The van der Waals surface area contributed by atoms with Gasteiger partial charge in [0, 0.05) is 19.1 Å². The second-order valence-electron chi connectivity index (χ2n) is 5.05. The van der Waals surface area contributed by atoms with Crippen molar-refractivity contribution in [2.24, 2.45) is 0 Å². The van der Waals surface area contributed by atoms with Crippen LogP contribution in [0, 0.1) is 0 Å². The summed E-state index contributed by atoms with van der Waals surface area (Å²) in [6, 6.07) is 0.281. The molecule has 6 nitrogen and oxygen atoms in total. The van der Waals surface area contributed by atoms with Crippen molar-refractivity contribution in [1.82, 2.24) is 9.80 Å². The van der Waals surface area contributed by atoms with Gasteiger partial charge in [0.05, 0.1) is 25.8 Å². The maximum Gasteiger partial charge on any atom is 0.317 e. The fraction of sp³-hybridized carbons (Fsp3) is 0.833. The maximum absolute atomic E-state index is 12.1. The van der Waals surface area contributed by atoms with Crippen LogP contribution in [-0.2, 0) is 14.3 Å². The molecule has 1 aliphatic heterocycles. The number of carboxylic acids is 1. The average molecular weight is 256 g/mol. The maximum atomic E-state index is 12.1. The van der Waals surface area contributed by atoms with Crippen molar-refractivity contribution in [3.63, 3.8) is 0 Å². The van der Waals surface area contributed by atoms with Crippen molar-refractivity contribution < 1.29 is 19.4 Å². The summed E-state index contributed by atoms with van der Waals surface area (Å²) in [5.74, 6) is -0.858. The van der Waals surface area contributed by atoms with Gasteiger partial charge in [0.15, 0.2) is 0 Å². The highest BCUT2D eigenvalue weighted by Crippen LogP contribution is 2.26. The summed E-state index contributed by atoms with van der Waals surface area (Å²) < 4.78 is 5.39. The number of rotatable bonds is 5. The van der Waals surface area contributed by atoms with E-state index in [1.807, 2.05) is 6.92 Å². The standard InChI is InChI=1S/C12H20N2O4/c1-9-6-13(4-5-18-9)11(15)7-14(8-12(16)17)10-2-3-10/h9-10H,2-8H2,1H3,(H,16,17). The summed E-state index contributed by atoms with van der Waals surface area (Å²) in [6.45, 7) is 3.88. The van der Waals surface area contributed by atoms with Crippen LogP contribution in [0.2, 0.25) is 0 Å². The number of hydrogen-bond acceptors (Lipinski definition) is 4. The van der Waals surface area contributed by atoms with Gasteiger partial charge in [-0.1, -0.05) is 0 Å². The third-order valence-corrected chi connectivity index (χ3v) is 3.33. The van der Waals surface area contributed by atoms with E-state index in [0.717, 1.165) is 12.8 Å². The lowest BCUT2D eigenvalue weighted by atomic mass is 10.3. The van der Waals surface area contributed by atoms with E-state index >= 15 is 0 Å². The van der Waals surface area contributed by atoms with Gasteiger partial charge < -0.3 is 14.7 Å². The molecule has 2 fully saturated rings. The Hall–Kier alpha value is -1.14. The minimum Gasteiger partial charge on any atom is -0.480 e. The lowest BCUT2D eigenvalue weighted by molar-refractivity contribution is -0.142. The molecule has 0 radical (unpaired) electrons. The molecule has 2 rings (SSSR count). The molecule has 6 heteroatoms. The molecule has 1 unspecified atom stereocenters. The summed E-state index contributed by atoms with van der Waals surface area (Å²) in [6.07, 6.45) is 2.07. The van der Waals surface area contributed by atoms with Gasteiger partial charge in [0.1, 0.15) is 0 Å². The van der Waals surface area contributed by atoms with Crippen molar-refractivity contribution in [2.75, 3.05) is 32.8 Å². The monoisotopic (exact) mass is 256 g/mol. The first-order valence-corrected chi connectivity index (χ1v) is 6.41. The van der Waals surface area contributed by atoms with E-state index in [-0.39, 0.29) is 31.1 Å². The predicted molar refractivity (Wildman–Crippen MR) is 64.2 cm³/mol. The number of aliphatic carboxylic acids is 1. The Balaban J connectivity index is 1.85. The molecule has 18 heavy (non-hydrogen) atoms. The van der Waals surface area contributed by atoms with E-state index in [9.17, 15) is 9.59 Å². The second kappa shape index (κ2) is 5.67. The number of hydrogen-bond donors (Lipinski definition) is 1. The molecule has 1 heterocycles. The van der Waals surface area contributed by atoms with E-state index in [1.54, 1.807) is 9.80 Å². The second-order valence-corrected chi connectivity index (χ2v) is 5.05. The first-order valence-electron chi connectivity index (χ1n) is 6.41. The van der Waals surface area contributed by atoms with Gasteiger partial charge in [-0.05, 0) is 19.8 Å². The van der Waals surface area contributed by atoms with E-state index < -0.39 is 5.97 Å². The number of morpholine rings is 1. The van der Waals surface area contributed by atoms with Crippen molar-refractivity contribution in [3.8, 4) is 0 Å².